The number of esters is 1. The van der Waals surface area contributed by atoms with Gasteiger partial charge in [0.1, 0.15) is 0 Å². The fourth-order valence-electron chi connectivity index (χ4n) is 2.17. The fourth-order valence-corrected chi connectivity index (χ4v) is 2.17. The maximum Gasteiger partial charge on any atom is 0.338 e. The largest absolute Gasteiger partial charge is 0.462 e. The van der Waals surface area contributed by atoms with E-state index in [2.05, 4.69) is 12.2 Å². The lowest BCUT2D eigenvalue weighted by atomic mass is 10.2. The average molecular weight is 334 g/mol. The van der Waals surface area contributed by atoms with Crippen LogP contribution in [0.3, 0.4) is 0 Å². The number of rotatable bonds is 9. The lowest BCUT2D eigenvalue weighted by Gasteiger charge is -2.21. The van der Waals surface area contributed by atoms with E-state index in [1.807, 2.05) is 0 Å². The summed E-state index contributed by atoms with van der Waals surface area (Å²) in [5, 5.41) is 2.83. The van der Waals surface area contributed by atoms with Crippen molar-refractivity contribution in [2.75, 3.05) is 24.6 Å². The van der Waals surface area contributed by atoms with Gasteiger partial charge in [-0.05, 0) is 37.6 Å². The van der Waals surface area contributed by atoms with Crippen molar-refractivity contribution in [1.82, 2.24) is 5.32 Å². The monoisotopic (exact) mass is 334 g/mol. The van der Waals surface area contributed by atoms with Gasteiger partial charge in [-0.25, -0.2) is 4.79 Å². The molecule has 0 unspecified atom stereocenters. The third-order valence-corrected chi connectivity index (χ3v) is 3.49. The number of anilines is 1. The van der Waals surface area contributed by atoms with Crippen LogP contribution in [-0.2, 0) is 14.3 Å². The zero-order chi connectivity index (χ0) is 17.9. The zero-order valence-electron chi connectivity index (χ0n) is 14.6. The maximum atomic E-state index is 11.8. The van der Waals surface area contributed by atoms with Crippen LogP contribution in [0.5, 0.6) is 0 Å². The Bertz CT molecular complexity index is 555. The van der Waals surface area contributed by atoms with Gasteiger partial charge >= 0.3 is 5.97 Å². The molecule has 0 aliphatic carbocycles. The van der Waals surface area contributed by atoms with Gasteiger partial charge in [0.15, 0.2) is 0 Å². The SMILES string of the molecule is CCCCNC(=O)CCN(C(C)=O)c1ccc(C(=O)OCC)cc1. The Kier molecular flexibility index (Phi) is 8.54. The Morgan fingerprint density at radius 3 is 2.33 bits per heavy atom. The van der Waals surface area contributed by atoms with E-state index in [0.717, 1.165) is 12.8 Å². The van der Waals surface area contributed by atoms with E-state index in [1.165, 1.54) is 11.8 Å². The van der Waals surface area contributed by atoms with E-state index in [1.54, 1.807) is 31.2 Å². The summed E-state index contributed by atoms with van der Waals surface area (Å²) in [5.41, 5.74) is 1.08. The molecular formula is C18H26N2O4. The average Bonchev–Trinajstić information content (AvgIpc) is 2.56. The molecule has 0 aromatic heterocycles. The van der Waals surface area contributed by atoms with Crippen molar-refractivity contribution in [3.8, 4) is 0 Å². The van der Waals surface area contributed by atoms with Gasteiger partial charge in [-0.2, -0.15) is 0 Å². The summed E-state index contributed by atoms with van der Waals surface area (Å²) in [7, 11) is 0. The van der Waals surface area contributed by atoms with Crippen LogP contribution >= 0.6 is 0 Å². The number of unbranched alkanes of at least 4 members (excludes halogenated alkanes) is 1. The number of nitrogens with zero attached hydrogens (tertiary/aromatic N) is 1. The molecule has 0 atom stereocenters. The molecule has 2 amide bonds. The minimum atomic E-state index is -0.395. The normalized spacial score (nSPS) is 10.1. The van der Waals surface area contributed by atoms with Gasteiger partial charge < -0.3 is 15.0 Å². The predicted octanol–water partition coefficient (Wildman–Crippen LogP) is 2.52. The second-order valence-electron chi connectivity index (χ2n) is 5.39. The first-order chi connectivity index (χ1) is 11.5. The number of carbonyl (C=O) groups excluding carboxylic acids is 3. The van der Waals surface area contributed by atoms with E-state index >= 15 is 0 Å². The summed E-state index contributed by atoms with van der Waals surface area (Å²) in [5.74, 6) is -0.619. The summed E-state index contributed by atoms with van der Waals surface area (Å²) in [6, 6.07) is 6.60. The van der Waals surface area contributed by atoms with Gasteiger partial charge in [-0.15, -0.1) is 0 Å². The molecule has 0 aliphatic heterocycles. The molecule has 24 heavy (non-hydrogen) atoms. The molecule has 132 valence electrons. The van der Waals surface area contributed by atoms with Crippen LogP contribution in [0.15, 0.2) is 24.3 Å². The summed E-state index contributed by atoms with van der Waals surface area (Å²) in [4.78, 5) is 36.8. The third-order valence-electron chi connectivity index (χ3n) is 3.49. The van der Waals surface area contributed by atoms with Crippen molar-refractivity contribution in [2.45, 2.75) is 40.0 Å². The van der Waals surface area contributed by atoms with E-state index < -0.39 is 5.97 Å². The number of amides is 2. The van der Waals surface area contributed by atoms with Crippen molar-refractivity contribution in [2.24, 2.45) is 0 Å². The van der Waals surface area contributed by atoms with Gasteiger partial charge in [0.25, 0.3) is 0 Å². The first kappa shape index (κ1) is 19.7. The lowest BCUT2D eigenvalue weighted by Crippen LogP contribution is -2.34. The molecule has 1 aromatic rings. The van der Waals surface area contributed by atoms with E-state index in [-0.39, 0.29) is 18.2 Å². The number of ether oxygens (including phenoxy) is 1. The quantitative estimate of drug-likeness (QED) is 0.556. The smallest absolute Gasteiger partial charge is 0.338 e. The van der Waals surface area contributed by atoms with Crippen LogP contribution < -0.4 is 10.2 Å². The van der Waals surface area contributed by atoms with Crippen molar-refractivity contribution >= 4 is 23.5 Å². The molecule has 0 spiro atoms. The van der Waals surface area contributed by atoms with Crippen LogP contribution in [0.2, 0.25) is 0 Å². The van der Waals surface area contributed by atoms with Crippen molar-refractivity contribution in [1.29, 1.82) is 0 Å². The molecule has 1 aromatic carbocycles. The summed E-state index contributed by atoms with van der Waals surface area (Å²) < 4.78 is 4.93. The van der Waals surface area contributed by atoms with Crippen LogP contribution in [0, 0.1) is 0 Å². The fraction of sp³-hybridized carbons (Fsp3) is 0.500. The van der Waals surface area contributed by atoms with Gasteiger partial charge in [0.05, 0.1) is 12.2 Å². The molecule has 0 bridgehead atoms. The number of hydrogen-bond donors (Lipinski definition) is 1. The second kappa shape index (κ2) is 10.4. The molecule has 0 saturated heterocycles. The Morgan fingerprint density at radius 1 is 1.12 bits per heavy atom. The number of nitrogens with one attached hydrogen (secondary N) is 1. The van der Waals surface area contributed by atoms with Crippen molar-refractivity contribution < 1.29 is 19.1 Å². The highest BCUT2D eigenvalue weighted by atomic mass is 16.5. The van der Waals surface area contributed by atoms with E-state index in [0.29, 0.717) is 30.9 Å². The molecule has 6 nitrogen and oxygen atoms in total. The highest BCUT2D eigenvalue weighted by molar-refractivity contribution is 5.94. The van der Waals surface area contributed by atoms with Crippen LogP contribution in [0.1, 0.15) is 50.4 Å². The highest BCUT2D eigenvalue weighted by Crippen LogP contribution is 2.16. The Labute approximate surface area is 143 Å². The zero-order valence-corrected chi connectivity index (χ0v) is 14.6. The van der Waals surface area contributed by atoms with Gasteiger partial charge in [-0.3, -0.25) is 9.59 Å². The molecule has 1 N–H and O–H groups in total. The highest BCUT2D eigenvalue weighted by Gasteiger charge is 2.14. The second-order valence-corrected chi connectivity index (χ2v) is 5.39. The van der Waals surface area contributed by atoms with Gasteiger partial charge in [0, 0.05) is 32.1 Å². The Hall–Kier alpha value is -2.37. The summed E-state index contributed by atoms with van der Waals surface area (Å²) >= 11 is 0. The molecule has 0 fully saturated rings. The standard InChI is InChI=1S/C18H26N2O4/c1-4-6-12-19-17(22)11-13-20(14(3)21)16-9-7-15(8-10-16)18(23)24-5-2/h7-10H,4-6,11-13H2,1-3H3,(H,19,22). The lowest BCUT2D eigenvalue weighted by molar-refractivity contribution is -0.121. The summed E-state index contributed by atoms with van der Waals surface area (Å²) in [6.45, 7) is 6.52. The van der Waals surface area contributed by atoms with Crippen molar-refractivity contribution in [3.05, 3.63) is 29.8 Å². The first-order valence-corrected chi connectivity index (χ1v) is 8.31. The Balaban J connectivity index is 2.66. The number of carbonyl (C=O) groups is 3. The molecule has 0 aliphatic rings. The predicted molar refractivity (Wildman–Crippen MR) is 93.0 cm³/mol. The van der Waals surface area contributed by atoms with Crippen LogP contribution in [0.25, 0.3) is 0 Å². The van der Waals surface area contributed by atoms with E-state index in [4.69, 9.17) is 4.74 Å². The first-order valence-electron chi connectivity index (χ1n) is 8.31. The topological polar surface area (TPSA) is 75.7 Å². The van der Waals surface area contributed by atoms with Crippen LogP contribution in [-0.4, -0.2) is 37.5 Å². The molecular weight excluding hydrogens is 308 g/mol. The third kappa shape index (κ3) is 6.40. The van der Waals surface area contributed by atoms with E-state index in [9.17, 15) is 14.4 Å². The molecule has 0 heterocycles. The number of benzene rings is 1. The Morgan fingerprint density at radius 2 is 1.79 bits per heavy atom. The molecule has 6 heteroatoms. The van der Waals surface area contributed by atoms with Crippen molar-refractivity contribution in [3.63, 3.8) is 0 Å². The molecule has 0 radical (unpaired) electrons. The molecule has 0 saturated carbocycles. The van der Waals surface area contributed by atoms with Gasteiger partial charge in [0.2, 0.25) is 11.8 Å². The molecule has 1 rings (SSSR count). The summed E-state index contributed by atoms with van der Waals surface area (Å²) in [6.07, 6.45) is 2.20. The minimum absolute atomic E-state index is 0.0714. The number of hydrogen-bond acceptors (Lipinski definition) is 4. The van der Waals surface area contributed by atoms with Gasteiger partial charge in [-0.1, -0.05) is 13.3 Å². The van der Waals surface area contributed by atoms with Crippen LogP contribution in [0.4, 0.5) is 5.69 Å². The minimum Gasteiger partial charge on any atom is -0.462 e. The maximum absolute atomic E-state index is 11.8.